The summed E-state index contributed by atoms with van der Waals surface area (Å²) in [5, 5.41) is 9.68. The summed E-state index contributed by atoms with van der Waals surface area (Å²) in [7, 11) is 0. The van der Waals surface area contributed by atoms with Crippen molar-refractivity contribution in [2.45, 2.75) is 18.8 Å². The summed E-state index contributed by atoms with van der Waals surface area (Å²) in [5.74, 6) is 0.171. The number of amides is 1. The molecule has 8 heteroatoms. The number of rotatable bonds is 6. The molecule has 0 saturated carbocycles. The summed E-state index contributed by atoms with van der Waals surface area (Å²) >= 11 is 0. The molecule has 6 rings (SSSR count). The third kappa shape index (κ3) is 3.86. The molecule has 0 aliphatic carbocycles. The summed E-state index contributed by atoms with van der Waals surface area (Å²) in [5.41, 5.74) is 6.39. The van der Waals surface area contributed by atoms with Gasteiger partial charge in [0.15, 0.2) is 5.78 Å². The molecule has 36 heavy (non-hydrogen) atoms. The number of aromatic amines is 1. The Hall–Kier alpha value is -4.59. The third-order valence-electron chi connectivity index (χ3n) is 6.87. The van der Waals surface area contributed by atoms with E-state index in [0.717, 1.165) is 45.4 Å². The summed E-state index contributed by atoms with van der Waals surface area (Å²) in [6.45, 7) is 4.83. The molecule has 5 heterocycles. The van der Waals surface area contributed by atoms with Crippen molar-refractivity contribution >= 4 is 28.2 Å². The zero-order valence-corrected chi connectivity index (χ0v) is 19.6. The molecule has 1 unspecified atom stereocenters. The molecule has 0 bridgehead atoms. The highest BCUT2D eigenvalue weighted by molar-refractivity contribution is 5.98. The number of fused-ring (bicyclic) bond motifs is 2. The largest absolute Gasteiger partial charge is 0.343 e. The fraction of sp³-hybridized carbons (Fsp3) is 0.179. The molecular formula is C28H24N6O2. The van der Waals surface area contributed by atoms with Gasteiger partial charge in [-0.3, -0.25) is 9.59 Å². The van der Waals surface area contributed by atoms with E-state index >= 15 is 0 Å². The fourth-order valence-electron chi connectivity index (χ4n) is 4.96. The van der Waals surface area contributed by atoms with Gasteiger partial charge in [-0.25, -0.2) is 4.98 Å². The van der Waals surface area contributed by atoms with E-state index in [4.69, 9.17) is 0 Å². The van der Waals surface area contributed by atoms with E-state index in [2.05, 4.69) is 32.8 Å². The number of likely N-dealkylation sites (tertiary alicyclic amines) is 1. The lowest BCUT2D eigenvalue weighted by molar-refractivity contribution is -0.114. The molecule has 8 nitrogen and oxygen atoms in total. The predicted octanol–water partition coefficient (Wildman–Crippen LogP) is 4.20. The fourth-order valence-corrected chi connectivity index (χ4v) is 4.96. The molecule has 4 aromatic heterocycles. The summed E-state index contributed by atoms with van der Waals surface area (Å²) in [4.78, 5) is 34.6. The lowest BCUT2D eigenvalue weighted by atomic mass is 10.0. The van der Waals surface area contributed by atoms with E-state index in [1.165, 1.54) is 6.08 Å². The van der Waals surface area contributed by atoms with Gasteiger partial charge in [-0.2, -0.15) is 14.8 Å². The van der Waals surface area contributed by atoms with Gasteiger partial charge in [-0.05, 0) is 60.0 Å². The van der Waals surface area contributed by atoms with Gasteiger partial charge in [0, 0.05) is 60.0 Å². The van der Waals surface area contributed by atoms with Gasteiger partial charge in [-0.1, -0.05) is 18.7 Å². The Morgan fingerprint density at radius 2 is 1.94 bits per heavy atom. The van der Waals surface area contributed by atoms with E-state index in [-0.39, 0.29) is 17.6 Å². The molecular weight excluding hydrogens is 452 g/mol. The van der Waals surface area contributed by atoms with Crippen LogP contribution in [0.4, 0.5) is 0 Å². The van der Waals surface area contributed by atoms with Crippen molar-refractivity contribution in [3.05, 3.63) is 96.6 Å². The number of carbonyl (C=O) groups is 2. The van der Waals surface area contributed by atoms with Crippen LogP contribution in [0.15, 0.2) is 79.8 Å². The topological polar surface area (TPSA) is 96.2 Å². The number of pyridine rings is 1. The molecule has 1 atom stereocenters. The third-order valence-corrected chi connectivity index (χ3v) is 6.87. The SMILES string of the molecule is C=CC(=O)Cc1ccc(C(=O)N2CCC(c3cc4c(-c5cnn6ncccc56)ccnc4[nH]3)C2)cc1. The Morgan fingerprint density at radius 3 is 2.78 bits per heavy atom. The molecule has 0 radical (unpaired) electrons. The number of allylic oxidation sites excluding steroid dienone is 1. The lowest BCUT2D eigenvalue weighted by Crippen LogP contribution is -2.28. The number of ketones is 1. The first kappa shape index (κ1) is 21.9. The molecule has 1 saturated heterocycles. The highest BCUT2D eigenvalue weighted by atomic mass is 16.2. The maximum atomic E-state index is 13.1. The lowest BCUT2D eigenvalue weighted by Gasteiger charge is -2.16. The Morgan fingerprint density at radius 1 is 1.08 bits per heavy atom. The molecule has 178 valence electrons. The summed E-state index contributed by atoms with van der Waals surface area (Å²) in [6, 6.07) is 15.3. The maximum Gasteiger partial charge on any atom is 0.253 e. The van der Waals surface area contributed by atoms with Crippen LogP contribution in [0.5, 0.6) is 0 Å². The number of benzene rings is 1. The Labute approximate surface area is 207 Å². The van der Waals surface area contributed by atoms with Crippen molar-refractivity contribution in [1.29, 1.82) is 0 Å². The smallest absolute Gasteiger partial charge is 0.253 e. The highest BCUT2D eigenvalue weighted by Gasteiger charge is 2.29. The van der Waals surface area contributed by atoms with E-state index in [1.807, 2.05) is 41.4 Å². The summed E-state index contributed by atoms with van der Waals surface area (Å²) in [6.07, 6.45) is 7.84. The second-order valence-electron chi connectivity index (χ2n) is 9.08. The van der Waals surface area contributed by atoms with Gasteiger partial charge in [0.25, 0.3) is 5.91 Å². The first-order chi connectivity index (χ1) is 17.6. The van der Waals surface area contributed by atoms with Crippen LogP contribution >= 0.6 is 0 Å². The normalized spacial score (nSPS) is 15.6. The number of aromatic nitrogens is 5. The minimum absolute atomic E-state index is 0.00729. The van der Waals surface area contributed by atoms with Crippen molar-refractivity contribution in [2.75, 3.05) is 13.1 Å². The van der Waals surface area contributed by atoms with Crippen molar-refractivity contribution < 1.29 is 9.59 Å². The first-order valence-electron chi connectivity index (χ1n) is 11.9. The van der Waals surface area contributed by atoms with Crippen molar-refractivity contribution in [2.24, 2.45) is 0 Å². The van der Waals surface area contributed by atoms with Gasteiger partial charge in [-0.15, -0.1) is 0 Å². The maximum absolute atomic E-state index is 13.1. The van der Waals surface area contributed by atoms with Crippen LogP contribution in [-0.2, 0) is 11.2 Å². The van der Waals surface area contributed by atoms with Crippen molar-refractivity contribution in [3.8, 4) is 11.1 Å². The van der Waals surface area contributed by atoms with Crippen LogP contribution in [-0.4, -0.2) is 54.5 Å². The predicted molar refractivity (Wildman–Crippen MR) is 137 cm³/mol. The van der Waals surface area contributed by atoms with Crippen LogP contribution in [0.1, 0.15) is 34.0 Å². The van der Waals surface area contributed by atoms with E-state index < -0.39 is 0 Å². The minimum Gasteiger partial charge on any atom is -0.343 e. The second-order valence-corrected chi connectivity index (χ2v) is 9.08. The molecule has 1 N–H and O–H groups in total. The van der Waals surface area contributed by atoms with Crippen LogP contribution in [0.3, 0.4) is 0 Å². The van der Waals surface area contributed by atoms with Gasteiger partial charge < -0.3 is 9.88 Å². The van der Waals surface area contributed by atoms with E-state index in [9.17, 15) is 9.59 Å². The second kappa shape index (κ2) is 8.88. The van der Waals surface area contributed by atoms with E-state index in [0.29, 0.717) is 25.1 Å². The Bertz CT molecular complexity index is 1610. The Kier molecular flexibility index (Phi) is 5.41. The van der Waals surface area contributed by atoms with Crippen LogP contribution in [0.2, 0.25) is 0 Å². The van der Waals surface area contributed by atoms with Crippen molar-refractivity contribution in [3.63, 3.8) is 0 Å². The minimum atomic E-state index is -0.0364. The zero-order chi connectivity index (χ0) is 24.6. The molecule has 1 fully saturated rings. The monoisotopic (exact) mass is 476 g/mol. The number of carbonyl (C=O) groups excluding carboxylic acids is 2. The number of hydrogen-bond acceptors (Lipinski definition) is 5. The van der Waals surface area contributed by atoms with Crippen LogP contribution in [0.25, 0.3) is 27.7 Å². The zero-order valence-electron chi connectivity index (χ0n) is 19.6. The number of nitrogens with one attached hydrogen (secondary N) is 1. The number of nitrogens with zero attached hydrogens (tertiary/aromatic N) is 5. The van der Waals surface area contributed by atoms with E-state index in [1.54, 1.807) is 29.2 Å². The summed E-state index contributed by atoms with van der Waals surface area (Å²) < 4.78 is 1.62. The molecule has 1 amide bonds. The molecule has 1 aliphatic heterocycles. The molecule has 1 aliphatic rings. The standard InChI is InChI=1S/C28H24N6O2/c1-2-21(35)14-18-5-7-19(8-6-18)28(36)33-13-10-20(17-33)25-15-23-22(9-12-29-27(23)32-25)24-16-31-34-26(24)4-3-11-30-34/h2-9,11-12,15-16,20H,1,10,13-14,17H2,(H,29,32). The van der Waals surface area contributed by atoms with Gasteiger partial charge >= 0.3 is 0 Å². The Balaban J connectivity index is 1.22. The van der Waals surface area contributed by atoms with Gasteiger partial charge in [0.2, 0.25) is 0 Å². The van der Waals surface area contributed by atoms with Crippen molar-refractivity contribution in [1.82, 2.24) is 29.7 Å². The average Bonchev–Trinajstić information content (AvgIpc) is 3.66. The van der Waals surface area contributed by atoms with Crippen LogP contribution < -0.4 is 0 Å². The number of H-pyrrole nitrogens is 1. The van der Waals surface area contributed by atoms with Crippen LogP contribution in [0, 0.1) is 0 Å². The molecule has 0 spiro atoms. The highest BCUT2D eigenvalue weighted by Crippen LogP contribution is 2.34. The molecule has 5 aromatic rings. The quantitative estimate of drug-likeness (QED) is 0.371. The number of hydrogen-bond donors (Lipinski definition) is 1. The first-order valence-corrected chi connectivity index (χ1v) is 11.9. The average molecular weight is 477 g/mol. The van der Waals surface area contributed by atoms with Gasteiger partial charge in [0.1, 0.15) is 5.65 Å². The van der Waals surface area contributed by atoms with Gasteiger partial charge in [0.05, 0.1) is 11.7 Å². The molecule has 1 aromatic carbocycles.